The van der Waals surface area contributed by atoms with Crippen molar-refractivity contribution < 1.29 is 24.2 Å². The molecule has 1 rings (SSSR count). The van der Waals surface area contributed by atoms with Crippen LogP contribution in [0.5, 0.6) is 0 Å². The zero-order valence-electron chi connectivity index (χ0n) is 7.62. The Bertz CT molecular complexity index is 158. The molecule has 0 aliphatic carbocycles. The van der Waals surface area contributed by atoms with E-state index in [-0.39, 0.29) is 5.97 Å². The maximum atomic E-state index is 10.0. The molecule has 0 radical (unpaired) electrons. The molecule has 1 aliphatic heterocycles. The first-order valence-electron chi connectivity index (χ1n) is 4.18. The average molecular weight is 190 g/mol. The largest absolute Gasteiger partial charge is 0.505 e. The van der Waals surface area contributed by atoms with Gasteiger partial charge in [-0.2, -0.15) is 0 Å². The summed E-state index contributed by atoms with van der Waals surface area (Å²) in [6, 6.07) is 0. The van der Waals surface area contributed by atoms with Gasteiger partial charge in [0.1, 0.15) is 0 Å². The molecule has 5 heteroatoms. The fourth-order valence-corrected chi connectivity index (χ4v) is 0.664. The summed E-state index contributed by atoms with van der Waals surface area (Å²) in [5.74, 6) is -0.0463. The highest BCUT2D eigenvalue weighted by atomic mass is 16.7. The topological polar surface area (TPSA) is 72.8 Å². The molecule has 1 saturated heterocycles. The number of ether oxygens (including phenoxy) is 2. The highest BCUT2D eigenvalue weighted by Crippen LogP contribution is 2.01. The molecule has 1 heterocycles. The van der Waals surface area contributed by atoms with Gasteiger partial charge in [0.2, 0.25) is 0 Å². The molecular formula is C8H14O5. The van der Waals surface area contributed by atoms with E-state index in [1.54, 1.807) is 0 Å². The third-order valence-electron chi connectivity index (χ3n) is 1.22. The maximum Gasteiger partial charge on any atom is 0.505 e. The van der Waals surface area contributed by atoms with Crippen LogP contribution in [-0.4, -0.2) is 30.4 Å². The quantitative estimate of drug-likeness (QED) is 0.666. The zero-order chi connectivity index (χ0) is 10.1. The Balaban J connectivity index is 0.000000223. The average Bonchev–Trinajstić information content (AvgIpc) is 2.53. The van der Waals surface area contributed by atoms with Crippen molar-refractivity contribution in [2.45, 2.75) is 26.2 Å². The zero-order valence-corrected chi connectivity index (χ0v) is 7.62. The van der Waals surface area contributed by atoms with Gasteiger partial charge < -0.3 is 14.6 Å². The van der Waals surface area contributed by atoms with E-state index in [4.69, 9.17) is 5.11 Å². The number of rotatable bonds is 2. The van der Waals surface area contributed by atoms with Crippen molar-refractivity contribution in [3.8, 4) is 0 Å². The molecule has 0 saturated carbocycles. The summed E-state index contributed by atoms with van der Waals surface area (Å²) < 4.78 is 8.62. The van der Waals surface area contributed by atoms with E-state index in [1.165, 1.54) is 0 Å². The van der Waals surface area contributed by atoms with Crippen molar-refractivity contribution in [1.82, 2.24) is 0 Å². The Morgan fingerprint density at radius 1 is 1.69 bits per heavy atom. The van der Waals surface area contributed by atoms with Gasteiger partial charge in [0, 0.05) is 6.42 Å². The Morgan fingerprint density at radius 2 is 2.38 bits per heavy atom. The third kappa shape index (κ3) is 8.65. The molecule has 0 atom stereocenters. The van der Waals surface area contributed by atoms with Crippen molar-refractivity contribution in [2.75, 3.05) is 13.2 Å². The van der Waals surface area contributed by atoms with E-state index < -0.39 is 6.16 Å². The van der Waals surface area contributed by atoms with Crippen molar-refractivity contribution in [3.63, 3.8) is 0 Å². The summed E-state index contributed by atoms with van der Waals surface area (Å²) in [6.07, 6.45) is 1.09. The molecule has 0 amide bonds. The van der Waals surface area contributed by atoms with Crippen molar-refractivity contribution in [3.05, 3.63) is 0 Å². The minimum absolute atomic E-state index is 0.0463. The lowest BCUT2D eigenvalue weighted by molar-refractivity contribution is -0.137. The van der Waals surface area contributed by atoms with Crippen molar-refractivity contribution in [2.24, 2.45) is 0 Å². The number of carboxylic acid groups (broad SMARTS) is 1. The van der Waals surface area contributed by atoms with Crippen LogP contribution in [-0.2, 0) is 14.3 Å². The number of hydrogen-bond donors (Lipinski definition) is 1. The minimum atomic E-state index is -1.19. The monoisotopic (exact) mass is 190 g/mol. The van der Waals surface area contributed by atoms with Crippen LogP contribution in [0.15, 0.2) is 0 Å². The molecule has 0 aromatic heterocycles. The predicted octanol–water partition coefficient (Wildman–Crippen LogP) is 1.41. The molecule has 1 aliphatic rings. The molecule has 1 fully saturated rings. The van der Waals surface area contributed by atoms with Gasteiger partial charge in [-0.3, -0.25) is 4.79 Å². The first-order valence-corrected chi connectivity index (χ1v) is 4.18. The second-order valence-corrected chi connectivity index (χ2v) is 2.44. The van der Waals surface area contributed by atoms with E-state index in [9.17, 15) is 9.59 Å². The Kier molecular flexibility index (Phi) is 6.68. The number of cyclic esters (lactones) is 1. The summed E-state index contributed by atoms with van der Waals surface area (Å²) in [4.78, 5) is 19.6. The normalized spacial score (nSPS) is 14.1. The predicted molar refractivity (Wildman–Crippen MR) is 44.5 cm³/mol. The van der Waals surface area contributed by atoms with Crippen LogP contribution >= 0.6 is 0 Å². The summed E-state index contributed by atoms with van der Waals surface area (Å²) in [6.45, 7) is 2.79. The molecule has 1 N–H and O–H groups in total. The number of carbonyl (C=O) groups is 2. The Hall–Kier alpha value is -1.26. The molecule has 5 nitrogen and oxygen atoms in total. The number of hydrogen-bond acceptors (Lipinski definition) is 4. The van der Waals surface area contributed by atoms with Gasteiger partial charge in [-0.15, -0.1) is 0 Å². The van der Waals surface area contributed by atoms with Crippen LogP contribution in [0.25, 0.3) is 0 Å². The van der Waals surface area contributed by atoms with Gasteiger partial charge in [0.05, 0.1) is 13.2 Å². The summed E-state index contributed by atoms with van der Waals surface area (Å²) >= 11 is 0. The van der Waals surface area contributed by atoms with E-state index in [2.05, 4.69) is 9.47 Å². The molecule has 0 unspecified atom stereocenters. The molecule has 13 heavy (non-hydrogen) atoms. The third-order valence-corrected chi connectivity index (χ3v) is 1.22. The molecule has 76 valence electrons. The highest BCUT2D eigenvalue weighted by molar-refractivity contribution is 5.70. The Labute approximate surface area is 76.6 Å². The van der Waals surface area contributed by atoms with Crippen LogP contribution in [0.1, 0.15) is 26.2 Å². The number of esters is 1. The van der Waals surface area contributed by atoms with Gasteiger partial charge in [-0.25, -0.2) is 4.79 Å². The smallest absolute Gasteiger partial charge is 0.466 e. The van der Waals surface area contributed by atoms with Gasteiger partial charge >= 0.3 is 12.1 Å². The summed E-state index contributed by atoms with van der Waals surface area (Å²) in [5.41, 5.74) is 0. The fourth-order valence-electron chi connectivity index (χ4n) is 0.664. The molecule has 0 spiro atoms. The number of carbonyl (C=O) groups excluding carboxylic acids is 1. The van der Waals surface area contributed by atoms with E-state index in [1.807, 2.05) is 6.92 Å². The second-order valence-electron chi connectivity index (χ2n) is 2.44. The molecule has 0 aromatic rings. The van der Waals surface area contributed by atoms with Crippen molar-refractivity contribution >= 4 is 12.1 Å². The van der Waals surface area contributed by atoms with Gasteiger partial charge in [0.25, 0.3) is 0 Å². The minimum Gasteiger partial charge on any atom is -0.466 e. The van der Waals surface area contributed by atoms with Crippen LogP contribution in [0.3, 0.4) is 0 Å². The second kappa shape index (κ2) is 7.39. The van der Waals surface area contributed by atoms with E-state index in [0.29, 0.717) is 19.6 Å². The van der Waals surface area contributed by atoms with Crippen LogP contribution < -0.4 is 0 Å². The lowest BCUT2D eigenvalue weighted by atomic mass is 10.4. The van der Waals surface area contributed by atoms with Crippen LogP contribution in [0.2, 0.25) is 0 Å². The molecular weight excluding hydrogens is 176 g/mol. The first kappa shape index (κ1) is 11.7. The SMILES string of the molecule is CCCOC(=O)O.O=C1CCCO1. The standard InChI is InChI=1S/C4H8O3.C4H6O2/c1-2-3-7-4(5)6;5-4-2-1-3-6-4/h2-3H2,1H3,(H,5,6);1-3H2. The Morgan fingerprint density at radius 3 is 2.54 bits per heavy atom. The van der Waals surface area contributed by atoms with Gasteiger partial charge in [-0.05, 0) is 12.8 Å². The first-order chi connectivity index (χ1) is 6.16. The van der Waals surface area contributed by atoms with Crippen LogP contribution in [0, 0.1) is 0 Å². The fraction of sp³-hybridized carbons (Fsp3) is 0.750. The van der Waals surface area contributed by atoms with E-state index >= 15 is 0 Å². The van der Waals surface area contributed by atoms with Crippen molar-refractivity contribution in [1.29, 1.82) is 0 Å². The van der Waals surface area contributed by atoms with E-state index in [0.717, 1.165) is 12.8 Å². The summed E-state index contributed by atoms with van der Waals surface area (Å²) in [7, 11) is 0. The van der Waals surface area contributed by atoms with Gasteiger partial charge in [-0.1, -0.05) is 6.92 Å². The molecule has 0 aromatic carbocycles. The lowest BCUT2D eigenvalue weighted by Crippen LogP contribution is -1.99. The maximum absolute atomic E-state index is 10.0. The lowest BCUT2D eigenvalue weighted by Gasteiger charge is -1.91. The summed E-state index contributed by atoms with van der Waals surface area (Å²) in [5, 5.41) is 7.82. The van der Waals surface area contributed by atoms with Crippen LogP contribution in [0.4, 0.5) is 4.79 Å². The van der Waals surface area contributed by atoms with Gasteiger partial charge in [0.15, 0.2) is 0 Å². The molecule has 0 bridgehead atoms. The highest BCUT2D eigenvalue weighted by Gasteiger charge is 2.08.